The number of hydrogen-bond acceptors (Lipinski definition) is 4. The molecule has 2 rings (SSSR count). The minimum absolute atomic E-state index is 0.143. The second-order valence-electron chi connectivity index (χ2n) is 4.73. The Bertz CT molecular complexity index is 576. The lowest BCUT2D eigenvalue weighted by atomic mass is 10.2. The fraction of sp³-hybridized carbons (Fsp3) is 0.583. The molecule has 1 aliphatic rings. The molecule has 1 N–H and O–H groups in total. The molecule has 0 saturated carbocycles. The number of hydrogen-bond donors (Lipinski definition) is 1. The van der Waals surface area contributed by atoms with Crippen molar-refractivity contribution in [2.75, 3.05) is 26.2 Å². The van der Waals surface area contributed by atoms with Crippen LogP contribution in [0.15, 0.2) is 28.0 Å². The maximum atomic E-state index is 12.4. The van der Waals surface area contributed by atoms with Gasteiger partial charge in [-0.25, -0.2) is 8.42 Å². The fourth-order valence-electron chi connectivity index (χ4n) is 2.36. The van der Waals surface area contributed by atoms with Crippen LogP contribution in [0.3, 0.4) is 0 Å². The van der Waals surface area contributed by atoms with Crippen LogP contribution in [0.1, 0.15) is 13.8 Å². The number of piperazine rings is 1. The van der Waals surface area contributed by atoms with E-state index in [9.17, 15) is 13.2 Å². The first kappa shape index (κ1) is 14.2. The molecule has 0 bridgehead atoms. The Hall–Kier alpha value is -1.18. The molecule has 0 amide bonds. The quantitative estimate of drug-likeness (QED) is 0.854. The van der Waals surface area contributed by atoms with Gasteiger partial charge in [-0.1, -0.05) is 6.92 Å². The molecule has 1 aromatic rings. The van der Waals surface area contributed by atoms with Gasteiger partial charge in [0.05, 0.1) is 4.90 Å². The Kier molecular flexibility index (Phi) is 4.07. The maximum Gasteiger partial charge on any atom is 0.247 e. The van der Waals surface area contributed by atoms with E-state index in [1.54, 1.807) is 0 Å². The average Bonchev–Trinajstić information content (AvgIpc) is 2.39. The minimum atomic E-state index is -3.51. The van der Waals surface area contributed by atoms with E-state index < -0.39 is 10.0 Å². The molecule has 0 spiro atoms. The second kappa shape index (κ2) is 5.44. The molecule has 1 saturated heterocycles. The van der Waals surface area contributed by atoms with Crippen LogP contribution in [0.2, 0.25) is 0 Å². The Morgan fingerprint density at radius 3 is 2.63 bits per heavy atom. The molecule has 106 valence electrons. The van der Waals surface area contributed by atoms with Crippen molar-refractivity contribution in [2.45, 2.75) is 24.8 Å². The van der Waals surface area contributed by atoms with Crippen LogP contribution >= 0.6 is 0 Å². The zero-order valence-electron chi connectivity index (χ0n) is 11.2. The van der Waals surface area contributed by atoms with Gasteiger partial charge >= 0.3 is 0 Å². The van der Waals surface area contributed by atoms with E-state index in [0.717, 1.165) is 13.1 Å². The number of aromatic amines is 1. The standard InChI is InChI=1S/C12H19N3O3S/c1-3-14-6-7-15(9-10(14)2)19(17,18)11-4-5-12(16)13-8-11/h4-5,8,10H,3,6-7,9H2,1-2H3,(H,13,16). The zero-order valence-corrected chi connectivity index (χ0v) is 12.0. The van der Waals surface area contributed by atoms with E-state index in [1.165, 1.54) is 22.6 Å². The van der Waals surface area contributed by atoms with E-state index in [-0.39, 0.29) is 16.5 Å². The topological polar surface area (TPSA) is 73.5 Å². The van der Waals surface area contributed by atoms with Crippen LogP contribution < -0.4 is 5.56 Å². The van der Waals surface area contributed by atoms with E-state index in [0.29, 0.717) is 13.1 Å². The lowest BCUT2D eigenvalue weighted by molar-refractivity contribution is 0.135. The van der Waals surface area contributed by atoms with Crippen molar-refractivity contribution in [3.8, 4) is 0 Å². The van der Waals surface area contributed by atoms with Crippen molar-refractivity contribution in [3.63, 3.8) is 0 Å². The summed E-state index contributed by atoms with van der Waals surface area (Å²) in [6.07, 6.45) is 1.26. The van der Waals surface area contributed by atoms with Crippen LogP contribution in [0, 0.1) is 0 Å². The SMILES string of the molecule is CCN1CCN(S(=O)(=O)c2ccc(=O)[nH]c2)CC1C. The molecule has 0 aromatic carbocycles. The van der Waals surface area contributed by atoms with Crippen LogP contribution in [0.5, 0.6) is 0 Å². The average molecular weight is 285 g/mol. The van der Waals surface area contributed by atoms with Crippen LogP contribution in [-0.4, -0.2) is 54.8 Å². The first-order valence-corrected chi connectivity index (χ1v) is 7.82. The molecule has 7 heteroatoms. The molecule has 6 nitrogen and oxygen atoms in total. The normalized spacial score (nSPS) is 22.5. The van der Waals surface area contributed by atoms with Crippen LogP contribution in [0.25, 0.3) is 0 Å². The highest BCUT2D eigenvalue weighted by atomic mass is 32.2. The van der Waals surface area contributed by atoms with Crippen molar-refractivity contribution in [1.82, 2.24) is 14.2 Å². The highest BCUT2D eigenvalue weighted by Gasteiger charge is 2.31. The second-order valence-corrected chi connectivity index (χ2v) is 6.67. The predicted octanol–water partition coefficient (Wildman–Crippen LogP) is 0.0896. The van der Waals surface area contributed by atoms with Gasteiger partial charge in [-0.05, 0) is 19.5 Å². The number of nitrogens with zero attached hydrogens (tertiary/aromatic N) is 2. The Labute approximate surface area is 113 Å². The maximum absolute atomic E-state index is 12.4. The van der Waals surface area contributed by atoms with E-state index in [1.807, 2.05) is 6.92 Å². The van der Waals surface area contributed by atoms with Gasteiger partial charge < -0.3 is 4.98 Å². The third-order valence-electron chi connectivity index (χ3n) is 3.53. The predicted molar refractivity (Wildman–Crippen MR) is 72.5 cm³/mol. The lowest BCUT2D eigenvalue weighted by Crippen LogP contribution is -2.53. The van der Waals surface area contributed by atoms with E-state index in [4.69, 9.17) is 0 Å². The summed E-state index contributed by atoms with van der Waals surface area (Å²) >= 11 is 0. The van der Waals surface area contributed by atoms with E-state index in [2.05, 4.69) is 16.8 Å². The Morgan fingerprint density at radius 2 is 2.11 bits per heavy atom. The molecule has 19 heavy (non-hydrogen) atoms. The van der Waals surface area contributed by atoms with Crippen molar-refractivity contribution in [2.24, 2.45) is 0 Å². The highest BCUT2D eigenvalue weighted by Crippen LogP contribution is 2.18. The molecule has 2 heterocycles. The largest absolute Gasteiger partial charge is 0.328 e. The fourth-order valence-corrected chi connectivity index (χ4v) is 3.84. The van der Waals surface area contributed by atoms with Gasteiger partial charge in [0.1, 0.15) is 0 Å². The van der Waals surface area contributed by atoms with Crippen LogP contribution in [-0.2, 0) is 10.0 Å². The summed E-state index contributed by atoms with van der Waals surface area (Å²) in [7, 11) is -3.51. The number of nitrogens with one attached hydrogen (secondary N) is 1. The third kappa shape index (κ3) is 2.88. The monoisotopic (exact) mass is 285 g/mol. The summed E-state index contributed by atoms with van der Waals surface area (Å²) in [6, 6.07) is 2.79. The number of likely N-dealkylation sites (N-methyl/N-ethyl adjacent to an activating group) is 1. The summed E-state index contributed by atoms with van der Waals surface area (Å²) in [6.45, 7) is 6.73. The molecular weight excluding hydrogens is 266 g/mol. The molecule has 1 aromatic heterocycles. The first-order chi connectivity index (χ1) is 8.95. The summed E-state index contributed by atoms with van der Waals surface area (Å²) in [4.78, 5) is 15.8. The first-order valence-electron chi connectivity index (χ1n) is 6.38. The summed E-state index contributed by atoms with van der Waals surface area (Å²) in [5.41, 5.74) is -0.303. The number of pyridine rings is 1. The van der Waals surface area contributed by atoms with Gasteiger partial charge in [0.15, 0.2) is 0 Å². The Balaban J connectivity index is 2.21. The highest BCUT2D eigenvalue weighted by molar-refractivity contribution is 7.89. The molecule has 1 fully saturated rings. The summed E-state index contributed by atoms with van der Waals surface area (Å²) < 4.78 is 26.3. The van der Waals surface area contributed by atoms with Crippen molar-refractivity contribution < 1.29 is 8.42 Å². The molecule has 0 aliphatic carbocycles. The third-order valence-corrected chi connectivity index (χ3v) is 5.39. The number of sulfonamides is 1. The molecule has 1 unspecified atom stereocenters. The molecular formula is C12H19N3O3S. The number of H-pyrrole nitrogens is 1. The van der Waals surface area contributed by atoms with Gasteiger partial charge in [-0.15, -0.1) is 0 Å². The van der Waals surface area contributed by atoms with E-state index >= 15 is 0 Å². The summed E-state index contributed by atoms with van der Waals surface area (Å²) in [5.74, 6) is 0. The van der Waals surface area contributed by atoms with Gasteiger partial charge in [0.25, 0.3) is 0 Å². The lowest BCUT2D eigenvalue weighted by Gasteiger charge is -2.38. The smallest absolute Gasteiger partial charge is 0.247 e. The van der Waals surface area contributed by atoms with Gasteiger partial charge in [0.2, 0.25) is 15.6 Å². The summed E-state index contributed by atoms with van der Waals surface area (Å²) in [5, 5.41) is 0. The molecule has 1 aliphatic heterocycles. The Morgan fingerprint density at radius 1 is 1.37 bits per heavy atom. The van der Waals surface area contributed by atoms with Crippen molar-refractivity contribution >= 4 is 10.0 Å². The zero-order chi connectivity index (χ0) is 14.0. The number of rotatable bonds is 3. The minimum Gasteiger partial charge on any atom is -0.328 e. The van der Waals surface area contributed by atoms with Crippen LogP contribution in [0.4, 0.5) is 0 Å². The van der Waals surface area contributed by atoms with Crippen molar-refractivity contribution in [1.29, 1.82) is 0 Å². The van der Waals surface area contributed by atoms with Gasteiger partial charge in [-0.2, -0.15) is 4.31 Å². The number of aromatic nitrogens is 1. The van der Waals surface area contributed by atoms with Crippen molar-refractivity contribution in [3.05, 3.63) is 28.7 Å². The van der Waals surface area contributed by atoms with Gasteiger partial charge in [0, 0.05) is 37.9 Å². The molecule has 0 radical (unpaired) electrons. The van der Waals surface area contributed by atoms with Gasteiger partial charge in [-0.3, -0.25) is 9.69 Å². The molecule has 1 atom stereocenters.